The number of benzene rings is 2. The van der Waals surface area contributed by atoms with Gasteiger partial charge >= 0.3 is 0 Å². The molecule has 0 aliphatic carbocycles. The second-order valence-corrected chi connectivity index (χ2v) is 6.13. The van der Waals surface area contributed by atoms with Crippen molar-refractivity contribution in [3.05, 3.63) is 65.2 Å². The monoisotopic (exact) mass is 338 g/mol. The smallest absolute Gasteiger partial charge is 0.253 e. The van der Waals surface area contributed by atoms with E-state index in [1.165, 1.54) is 0 Å². The molecule has 25 heavy (non-hydrogen) atoms. The Morgan fingerprint density at radius 2 is 1.40 bits per heavy atom. The van der Waals surface area contributed by atoms with Gasteiger partial charge in [-0.15, -0.1) is 0 Å². The van der Waals surface area contributed by atoms with Crippen molar-refractivity contribution in [2.45, 2.75) is 6.92 Å². The lowest BCUT2D eigenvalue weighted by molar-refractivity contribution is 0.0535. The summed E-state index contributed by atoms with van der Waals surface area (Å²) in [5.74, 6) is 0.792. The maximum Gasteiger partial charge on any atom is 0.253 e. The zero-order valence-corrected chi connectivity index (χ0v) is 14.6. The highest BCUT2D eigenvalue weighted by Crippen LogP contribution is 2.20. The Balaban J connectivity index is 1.63. The molecular formula is C20H22N2O3. The maximum atomic E-state index is 12.7. The van der Waals surface area contributed by atoms with E-state index < -0.39 is 0 Å². The molecule has 1 saturated heterocycles. The second kappa shape index (κ2) is 7.38. The van der Waals surface area contributed by atoms with Gasteiger partial charge in [-0.3, -0.25) is 9.59 Å². The average Bonchev–Trinajstić information content (AvgIpc) is 2.67. The summed E-state index contributed by atoms with van der Waals surface area (Å²) in [6, 6.07) is 14.7. The average molecular weight is 338 g/mol. The Bertz CT molecular complexity index is 766. The van der Waals surface area contributed by atoms with E-state index in [4.69, 9.17) is 4.74 Å². The normalized spacial score (nSPS) is 14.3. The molecule has 0 N–H and O–H groups in total. The quantitative estimate of drug-likeness (QED) is 0.864. The third-order valence-corrected chi connectivity index (χ3v) is 4.52. The van der Waals surface area contributed by atoms with Crippen molar-refractivity contribution in [1.29, 1.82) is 0 Å². The summed E-state index contributed by atoms with van der Waals surface area (Å²) in [4.78, 5) is 28.8. The first-order chi connectivity index (χ1) is 12.1. The largest absolute Gasteiger partial charge is 0.496 e. The molecule has 0 aromatic heterocycles. The summed E-state index contributed by atoms with van der Waals surface area (Å²) >= 11 is 0. The van der Waals surface area contributed by atoms with E-state index in [-0.39, 0.29) is 11.8 Å². The minimum Gasteiger partial charge on any atom is -0.496 e. The highest BCUT2D eigenvalue weighted by atomic mass is 16.5. The topological polar surface area (TPSA) is 49.9 Å². The fraction of sp³-hybridized carbons (Fsp3) is 0.300. The predicted octanol–water partition coefficient (Wildman–Crippen LogP) is 2.60. The number of amides is 2. The molecule has 2 amide bonds. The van der Waals surface area contributed by atoms with Crippen LogP contribution in [0.1, 0.15) is 26.3 Å². The van der Waals surface area contributed by atoms with Gasteiger partial charge in [0.15, 0.2) is 0 Å². The third-order valence-electron chi connectivity index (χ3n) is 4.52. The number of methoxy groups -OCH3 is 1. The van der Waals surface area contributed by atoms with Gasteiger partial charge in [-0.05, 0) is 42.8 Å². The lowest BCUT2D eigenvalue weighted by Gasteiger charge is -2.35. The number of hydrogen-bond donors (Lipinski definition) is 0. The van der Waals surface area contributed by atoms with E-state index in [1.807, 2.05) is 49.4 Å². The van der Waals surface area contributed by atoms with Crippen LogP contribution in [-0.2, 0) is 0 Å². The second-order valence-electron chi connectivity index (χ2n) is 6.13. The summed E-state index contributed by atoms with van der Waals surface area (Å²) < 4.78 is 5.24. The molecule has 5 nitrogen and oxygen atoms in total. The van der Waals surface area contributed by atoms with Crippen LogP contribution in [0.15, 0.2) is 48.5 Å². The molecule has 1 aliphatic rings. The van der Waals surface area contributed by atoms with Gasteiger partial charge in [-0.25, -0.2) is 0 Å². The lowest BCUT2D eigenvalue weighted by Crippen LogP contribution is -2.50. The SMILES string of the molecule is COc1ccc(C(=O)N2CCN(C(=O)c3ccccc3)CC2)cc1C. The summed E-state index contributed by atoms with van der Waals surface area (Å²) in [5.41, 5.74) is 2.28. The van der Waals surface area contributed by atoms with Crippen LogP contribution < -0.4 is 4.74 Å². The zero-order valence-electron chi connectivity index (χ0n) is 14.6. The van der Waals surface area contributed by atoms with Crippen LogP contribution in [0.2, 0.25) is 0 Å². The Morgan fingerprint density at radius 1 is 0.840 bits per heavy atom. The molecule has 2 aromatic rings. The number of carbonyl (C=O) groups excluding carboxylic acids is 2. The first-order valence-electron chi connectivity index (χ1n) is 8.38. The molecule has 5 heteroatoms. The number of aryl methyl sites for hydroxylation is 1. The van der Waals surface area contributed by atoms with Crippen LogP contribution in [0.3, 0.4) is 0 Å². The van der Waals surface area contributed by atoms with Gasteiger partial charge in [-0.2, -0.15) is 0 Å². The third kappa shape index (κ3) is 3.65. The van der Waals surface area contributed by atoms with Gasteiger partial charge in [0, 0.05) is 37.3 Å². The molecule has 1 aliphatic heterocycles. The van der Waals surface area contributed by atoms with Gasteiger partial charge in [0.1, 0.15) is 5.75 Å². The van der Waals surface area contributed by atoms with E-state index in [0.717, 1.165) is 11.3 Å². The number of ether oxygens (including phenoxy) is 1. The molecule has 1 fully saturated rings. The number of carbonyl (C=O) groups is 2. The molecule has 0 radical (unpaired) electrons. The fourth-order valence-corrected chi connectivity index (χ4v) is 3.07. The molecule has 130 valence electrons. The van der Waals surface area contributed by atoms with Crippen molar-refractivity contribution in [3.63, 3.8) is 0 Å². The van der Waals surface area contributed by atoms with E-state index >= 15 is 0 Å². The molecule has 0 unspecified atom stereocenters. The highest BCUT2D eigenvalue weighted by molar-refractivity contribution is 5.96. The molecule has 1 heterocycles. The van der Waals surface area contributed by atoms with Gasteiger partial charge in [0.2, 0.25) is 0 Å². The van der Waals surface area contributed by atoms with Crippen molar-refractivity contribution < 1.29 is 14.3 Å². The van der Waals surface area contributed by atoms with E-state index in [0.29, 0.717) is 37.3 Å². The lowest BCUT2D eigenvalue weighted by atomic mass is 10.1. The molecule has 0 bridgehead atoms. The molecule has 2 aromatic carbocycles. The van der Waals surface area contributed by atoms with Gasteiger partial charge < -0.3 is 14.5 Å². The Morgan fingerprint density at radius 3 is 1.92 bits per heavy atom. The van der Waals surface area contributed by atoms with Crippen LogP contribution in [0.4, 0.5) is 0 Å². The van der Waals surface area contributed by atoms with Crippen LogP contribution in [-0.4, -0.2) is 54.9 Å². The summed E-state index contributed by atoms with van der Waals surface area (Å²) in [6.07, 6.45) is 0. The van der Waals surface area contributed by atoms with Gasteiger partial charge in [0.05, 0.1) is 7.11 Å². The van der Waals surface area contributed by atoms with Gasteiger partial charge in [-0.1, -0.05) is 18.2 Å². The van der Waals surface area contributed by atoms with E-state index in [2.05, 4.69) is 0 Å². The molecule has 0 atom stereocenters. The fourth-order valence-electron chi connectivity index (χ4n) is 3.07. The summed E-state index contributed by atoms with van der Waals surface area (Å²) in [5, 5.41) is 0. The number of piperazine rings is 1. The van der Waals surface area contributed by atoms with Crippen molar-refractivity contribution in [1.82, 2.24) is 9.80 Å². The minimum absolute atomic E-state index is 0.00226. The summed E-state index contributed by atoms with van der Waals surface area (Å²) in [7, 11) is 1.62. The first-order valence-corrected chi connectivity index (χ1v) is 8.38. The van der Waals surface area contributed by atoms with Crippen molar-refractivity contribution in [2.24, 2.45) is 0 Å². The number of rotatable bonds is 3. The van der Waals surface area contributed by atoms with E-state index in [9.17, 15) is 9.59 Å². The first kappa shape index (κ1) is 17.0. The van der Waals surface area contributed by atoms with Crippen molar-refractivity contribution in [2.75, 3.05) is 33.3 Å². The van der Waals surface area contributed by atoms with Crippen LogP contribution in [0, 0.1) is 6.92 Å². The van der Waals surface area contributed by atoms with Crippen molar-refractivity contribution in [3.8, 4) is 5.75 Å². The predicted molar refractivity (Wildman–Crippen MR) is 96.0 cm³/mol. The van der Waals surface area contributed by atoms with Crippen LogP contribution in [0.5, 0.6) is 5.75 Å². The molecular weight excluding hydrogens is 316 g/mol. The standard InChI is InChI=1S/C20H22N2O3/c1-15-14-17(8-9-18(15)25-2)20(24)22-12-10-21(11-13-22)19(23)16-6-4-3-5-7-16/h3-9,14H,10-13H2,1-2H3. The minimum atomic E-state index is -0.00226. The number of hydrogen-bond acceptors (Lipinski definition) is 3. The highest BCUT2D eigenvalue weighted by Gasteiger charge is 2.25. The molecule has 3 rings (SSSR count). The Labute approximate surface area is 147 Å². The Hall–Kier alpha value is -2.82. The number of nitrogens with zero attached hydrogens (tertiary/aromatic N) is 2. The zero-order chi connectivity index (χ0) is 17.8. The van der Waals surface area contributed by atoms with Crippen LogP contribution in [0.25, 0.3) is 0 Å². The van der Waals surface area contributed by atoms with Gasteiger partial charge in [0.25, 0.3) is 11.8 Å². The van der Waals surface area contributed by atoms with E-state index in [1.54, 1.807) is 23.0 Å². The maximum absolute atomic E-state index is 12.7. The van der Waals surface area contributed by atoms with Crippen LogP contribution >= 0.6 is 0 Å². The summed E-state index contributed by atoms with van der Waals surface area (Å²) in [6.45, 7) is 4.11. The Kier molecular flexibility index (Phi) is 5.03. The molecule has 0 spiro atoms. The van der Waals surface area contributed by atoms with Crippen molar-refractivity contribution >= 4 is 11.8 Å². The molecule has 0 saturated carbocycles.